The fraction of sp³-hybridized carbons (Fsp3) is 0.696. The minimum atomic E-state index is -4.50. The van der Waals surface area contributed by atoms with Crippen LogP contribution in [0, 0.1) is 17.3 Å². The van der Waals surface area contributed by atoms with E-state index in [1.807, 2.05) is 12.1 Å². The van der Waals surface area contributed by atoms with E-state index in [2.05, 4.69) is 13.0 Å². The van der Waals surface area contributed by atoms with Crippen molar-refractivity contribution in [2.75, 3.05) is 24.8 Å². The summed E-state index contributed by atoms with van der Waals surface area (Å²) >= 11 is 11.6. The van der Waals surface area contributed by atoms with Crippen LogP contribution in [0.3, 0.4) is 0 Å². The largest absolute Gasteiger partial charge is 0.469 e. The third-order valence-corrected chi connectivity index (χ3v) is 8.91. The van der Waals surface area contributed by atoms with Crippen molar-refractivity contribution in [2.24, 2.45) is 17.3 Å². The van der Waals surface area contributed by atoms with Gasteiger partial charge < -0.3 is 19.4 Å². The number of fused-ring (bicyclic) bond motifs is 5. The molecule has 35 heavy (non-hydrogen) atoms. The van der Waals surface area contributed by atoms with Gasteiger partial charge in [0.1, 0.15) is 5.75 Å². The number of amides is 1. The average Bonchev–Trinajstić information content (AvgIpc) is 3.08. The number of rotatable bonds is 7. The molecule has 0 bridgehead atoms. The van der Waals surface area contributed by atoms with Crippen LogP contribution >= 0.6 is 31.0 Å². The molecule has 2 fully saturated rings. The van der Waals surface area contributed by atoms with Crippen molar-refractivity contribution in [3.63, 3.8) is 0 Å². The molecule has 3 aliphatic rings. The van der Waals surface area contributed by atoms with Crippen molar-refractivity contribution in [1.29, 1.82) is 0 Å². The first-order chi connectivity index (χ1) is 15.7. The van der Waals surface area contributed by atoms with Crippen molar-refractivity contribution in [3.05, 3.63) is 29.3 Å². The third kappa shape index (κ3) is 7.23. The summed E-state index contributed by atoms with van der Waals surface area (Å²) in [5.74, 6) is 2.44. The zero-order valence-electron chi connectivity index (χ0n) is 20.8. The zero-order chi connectivity index (χ0) is 23.8. The Morgan fingerprint density at radius 1 is 1.14 bits per heavy atom. The first-order valence-corrected chi connectivity index (χ1v) is 14.2. The summed E-state index contributed by atoms with van der Waals surface area (Å²) in [4.78, 5) is 32.7. The molecule has 0 spiro atoms. The van der Waals surface area contributed by atoms with Crippen LogP contribution < -0.4 is 4.74 Å². The maximum Gasteiger partial charge on any atom is 0.469 e. The molecule has 186 valence electrons. The molecule has 0 aromatic heterocycles. The number of hydrogen-bond donors (Lipinski definition) is 2. The molecular weight excluding hydrogens is 534 g/mol. The number of phosphoric acid groups is 1. The van der Waals surface area contributed by atoms with E-state index in [-0.39, 0.29) is 64.5 Å². The Morgan fingerprint density at radius 3 is 2.46 bits per heavy atom. The van der Waals surface area contributed by atoms with Crippen molar-refractivity contribution >= 4 is 96.2 Å². The van der Waals surface area contributed by atoms with E-state index in [1.54, 1.807) is 0 Å². The molecule has 0 saturated heterocycles. The average molecular weight is 566 g/mol. The van der Waals surface area contributed by atoms with E-state index in [0.717, 1.165) is 32.1 Å². The summed E-state index contributed by atoms with van der Waals surface area (Å²) in [6, 6.07) is 5.93. The van der Waals surface area contributed by atoms with Gasteiger partial charge >= 0.3 is 13.9 Å². The molecule has 1 aromatic carbocycles. The molecule has 0 unspecified atom stereocenters. The Labute approximate surface area is 261 Å². The number of ether oxygens (including phenoxy) is 1. The molecule has 2 N–H and O–H groups in total. The number of alkyl halides is 2. The van der Waals surface area contributed by atoms with Crippen LogP contribution in [-0.2, 0) is 15.5 Å². The first kappa shape index (κ1) is 32.4. The molecule has 0 heterocycles. The minimum Gasteiger partial charge on any atom is -0.410 e. The van der Waals surface area contributed by atoms with E-state index < -0.39 is 20.0 Å². The quantitative estimate of drug-likeness (QED) is 0.286. The van der Waals surface area contributed by atoms with Gasteiger partial charge in [-0.1, -0.05) is 13.0 Å². The van der Waals surface area contributed by atoms with E-state index >= 15 is 0 Å². The topological polar surface area (TPSA) is 96.3 Å². The van der Waals surface area contributed by atoms with Crippen LogP contribution in [0.5, 0.6) is 5.75 Å². The van der Waals surface area contributed by atoms with Crippen LogP contribution in [0.1, 0.15) is 56.1 Å². The van der Waals surface area contributed by atoms with E-state index in [9.17, 15) is 19.1 Å². The predicted molar refractivity (Wildman–Crippen MR) is 139 cm³/mol. The van der Waals surface area contributed by atoms with Crippen molar-refractivity contribution in [3.8, 4) is 5.75 Å². The molecule has 2 radical (unpaired) electrons. The van der Waals surface area contributed by atoms with E-state index in [0.29, 0.717) is 54.8 Å². The van der Waals surface area contributed by atoms with Crippen LogP contribution in [0.15, 0.2) is 18.2 Å². The van der Waals surface area contributed by atoms with Crippen LogP contribution in [0.4, 0.5) is 4.79 Å². The summed E-state index contributed by atoms with van der Waals surface area (Å²) in [5, 5.41) is 0. The zero-order valence-corrected chi connectivity index (χ0v) is 27.2. The normalized spacial score (nSPS) is 29.1. The van der Waals surface area contributed by atoms with Gasteiger partial charge in [-0.05, 0) is 85.0 Å². The van der Waals surface area contributed by atoms with Crippen molar-refractivity contribution < 1.29 is 28.4 Å². The van der Waals surface area contributed by atoms with Gasteiger partial charge in [0, 0.05) is 84.0 Å². The maximum absolute atomic E-state index is 12.5. The molecule has 0 aliphatic heterocycles. The van der Waals surface area contributed by atoms with Crippen molar-refractivity contribution in [1.82, 2.24) is 4.90 Å². The predicted octanol–water partition coefficient (Wildman–Crippen LogP) is 4.54. The van der Waals surface area contributed by atoms with Gasteiger partial charge in [0.2, 0.25) is 0 Å². The van der Waals surface area contributed by atoms with Crippen LogP contribution in [-0.4, -0.2) is 111 Å². The number of benzene rings is 1. The van der Waals surface area contributed by atoms with Crippen LogP contribution in [0.25, 0.3) is 0 Å². The Kier molecular flexibility index (Phi) is 12.5. The number of halogens is 2. The number of carbonyl (C=O) groups excluding carboxylic acids is 1. The minimum absolute atomic E-state index is 0. The molecule has 1 amide bonds. The summed E-state index contributed by atoms with van der Waals surface area (Å²) < 4.78 is 22.3. The Morgan fingerprint density at radius 2 is 1.83 bits per heavy atom. The molecule has 7 nitrogen and oxygen atoms in total. The molecule has 5 atom stereocenters. The number of phosphoric ester groups is 1. The molecule has 4 rings (SSSR count). The third-order valence-electron chi connectivity index (χ3n) is 8.05. The molecule has 3 aliphatic carbocycles. The van der Waals surface area contributed by atoms with Gasteiger partial charge in [0.25, 0.3) is 0 Å². The summed E-state index contributed by atoms with van der Waals surface area (Å²) in [5.41, 5.74) is 2.32. The van der Waals surface area contributed by atoms with Gasteiger partial charge in [-0.2, -0.15) is 0 Å². The Hall–Kier alpha value is 1.18. The summed E-state index contributed by atoms with van der Waals surface area (Å²) in [6.07, 6.45) is 4.55. The summed E-state index contributed by atoms with van der Waals surface area (Å²) in [7, 11) is -4.50. The summed E-state index contributed by atoms with van der Waals surface area (Å²) in [6.45, 7) is 2.91. The van der Waals surface area contributed by atoms with E-state index in [1.165, 1.54) is 16.0 Å². The Balaban J connectivity index is 0.00000216. The molecule has 2 saturated carbocycles. The molecule has 12 heteroatoms. The SMILES string of the molecule is C[C@]12CC[C@@H]3c4ccc(OC(=O)N(CCCl)CCCl)cc4CC[C@H]3[C@@H]1CC[C@@H]2OP(=O)(O)O.[Na].[Na]. The van der Waals surface area contributed by atoms with Gasteiger partial charge in [0.15, 0.2) is 0 Å². The fourth-order valence-corrected chi connectivity index (χ4v) is 7.66. The molecular formula is C23H32Cl2NNa2O6P. The van der Waals surface area contributed by atoms with Gasteiger partial charge in [0.05, 0.1) is 6.10 Å². The van der Waals surface area contributed by atoms with Gasteiger partial charge in [-0.3, -0.25) is 4.52 Å². The maximum atomic E-state index is 12.5. The number of aryl methyl sites for hydroxylation is 1. The number of carbonyl (C=O) groups is 1. The number of hydrogen-bond acceptors (Lipinski definition) is 4. The second kappa shape index (κ2) is 13.5. The second-order valence-corrected chi connectivity index (χ2v) is 11.7. The van der Waals surface area contributed by atoms with Gasteiger partial charge in [-0.25, -0.2) is 9.36 Å². The second-order valence-electron chi connectivity index (χ2n) is 9.72. The van der Waals surface area contributed by atoms with Crippen LogP contribution in [0.2, 0.25) is 0 Å². The smallest absolute Gasteiger partial charge is 0.410 e. The Bertz CT molecular complexity index is 931. The monoisotopic (exact) mass is 565 g/mol. The fourth-order valence-electron chi connectivity index (χ4n) is 6.58. The van der Waals surface area contributed by atoms with E-state index in [4.69, 9.17) is 32.5 Å². The first-order valence-electron chi connectivity index (χ1n) is 11.6. The molecule has 1 aromatic rings. The van der Waals surface area contributed by atoms with Gasteiger partial charge in [-0.15, -0.1) is 23.2 Å². The number of nitrogens with zero attached hydrogens (tertiary/aromatic N) is 1. The standard InChI is InChI=1S/C23H32Cl2NO6P.2Na/c1-23-9-8-18-17-5-3-16(31-22(27)26(12-10-24)13-11-25)14-15(17)2-4-19(18)20(23)6-7-21(23)32-33(28,29)30;;/h3,5,14,18-21H,2,4,6-13H2,1H3,(H2,28,29,30);;/t18-,19-,20+,21+,23+;;/m1../s1. The van der Waals surface area contributed by atoms with Crippen molar-refractivity contribution in [2.45, 2.75) is 57.5 Å².